The molecular formula is C21H24ClN3O. The van der Waals surface area contributed by atoms with Crippen molar-refractivity contribution in [2.45, 2.75) is 25.8 Å². The molecule has 0 aliphatic carbocycles. The van der Waals surface area contributed by atoms with Gasteiger partial charge in [-0.25, -0.2) is 0 Å². The van der Waals surface area contributed by atoms with Crippen molar-refractivity contribution in [3.63, 3.8) is 0 Å². The second-order valence-electron chi connectivity index (χ2n) is 6.86. The Labute approximate surface area is 159 Å². The molecule has 0 spiro atoms. The van der Waals surface area contributed by atoms with Gasteiger partial charge in [-0.05, 0) is 62.2 Å². The van der Waals surface area contributed by atoms with Gasteiger partial charge in [-0.1, -0.05) is 35.9 Å². The molecule has 1 aromatic heterocycles. The monoisotopic (exact) mass is 369 g/mol. The Bertz CT molecular complexity index is 853. The molecule has 136 valence electrons. The zero-order valence-corrected chi connectivity index (χ0v) is 15.7. The molecule has 4 rings (SSSR count). The maximum absolute atomic E-state index is 6.04. The van der Waals surface area contributed by atoms with Gasteiger partial charge in [0.15, 0.2) is 0 Å². The fraction of sp³-hybridized carbons (Fsp3) is 0.381. The van der Waals surface area contributed by atoms with Crippen LogP contribution in [-0.2, 0) is 6.54 Å². The van der Waals surface area contributed by atoms with E-state index in [9.17, 15) is 0 Å². The highest BCUT2D eigenvalue weighted by atomic mass is 35.5. The molecule has 2 heterocycles. The van der Waals surface area contributed by atoms with E-state index in [0.717, 1.165) is 34.8 Å². The highest BCUT2D eigenvalue weighted by Crippen LogP contribution is 2.26. The minimum Gasteiger partial charge on any atom is -0.476 e. The average Bonchev–Trinajstić information content (AvgIpc) is 3.30. The summed E-state index contributed by atoms with van der Waals surface area (Å²) < 4.78 is 8.05. The third-order valence-electron chi connectivity index (χ3n) is 4.93. The summed E-state index contributed by atoms with van der Waals surface area (Å²) >= 11 is 5.99. The first-order valence-electron chi connectivity index (χ1n) is 9.35. The summed E-state index contributed by atoms with van der Waals surface area (Å²) in [7, 11) is 0. The standard InChI is InChI=1S/C21H24ClN3O/c22-18-10-8-17(9-11-18)16-25-20-7-2-1-6-19(20)21(23-25)26-15-5-14-24-12-3-4-13-24/h1-2,6-11H,3-5,12-16H2. The highest BCUT2D eigenvalue weighted by Gasteiger charge is 2.13. The molecule has 1 aliphatic heterocycles. The van der Waals surface area contributed by atoms with E-state index in [0.29, 0.717) is 13.2 Å². The maximum Gasteiger partial charge on any atom is 0.240 e. The zero-order valence-electron chi connectivity index (χ0n) is 14.9. The van der Waals surface area contributed by atoms with Gasteiger partial charge in [-0.2, -0.15) is 0 Å². The van der Waals surface area contributed by atoms with E-state index < -0.39 is 0 Å². The van der Waals surface area contributed by atoms with Crippen LogP contribution in [0.2, 0.25) is 5.02 Å². The summed E-state index contributed by atoms with van der Waals surface area (Å²) in [5.74, 6) is 0.732. The van der Waals surface area contributed by atoms with Crippen LogP contribution < -0.4 is 4.74 Å². The molecule has 2 aromatic carbocycles. The Kier molecular flexibility index (Phi) is 5.42. The molecule has 1 aliphatic rings. The minimum atomic E-state index is 0.703. The quantitative estimate of drug-likeness (QED) is 0.570. The number of fused-ring (bicyclic) bond motifs is 1. The Balaban J connectivity index is 1.45. The van der Waals surface area contributed by atoms with E-state index in [-0.39, 0.29) is 0 Å². The number of hydrogen-bond acceptors (Lipinski definition) is 3. The van der Waals surface area contributed by atoms with Crippen LogP contribution in [0.4, 0.5) is 0 Å². The number of para-hydroxylation sites is 1. The number of rotatable bonds is 7. The molecule has 0 amide bonds. The highest BCUT2D eigenvalue weighted by molar-refractivity contribution is 6.30. The van der Waals surface area contributed by atoms with Gasteiger partial charge in [0.25, 0.3) is 0 Å². The molecule has 0 radical (unpaired) electrons. The molecule has 5 heteroatoms. The fourth-order valence-corrected chi connectivity index (χ4v) is 3.68. The molecule has 0 N–H and O–H groups in total. The van der Waals surface area contributed by atoms with Crippen LogP contribution in [0.1, 0.15) is 24.8 Å². The molecule has 0 unspecified atom stereocenters. The van der Waals surface area contributed by atoms with Crippen molar-refractivity contribution in [2.24, 2.45) is 0 Å². The van der Waals surface area contributed by atoms with Crippen molar-refractivity contribution < 1.29 is 4.74 Å². The number of hydrogen-bond donors (Lipinski definition) is 0. The van der Waals surface area contributed by atoms with Crippen molar-refractivity contribution in [2.75, 3.05) is 26.2 Å². The van der Waals surface area contributed by atoms with E-state index in [4.69, 9.17) is 21.4 Å². The lowest BCUT2D eigenvalue weighted by Gasteiger charge is -2.13. The fourth-order valence-electron chi connectivity index (χ4n) is 3.55. The Morgan fingerprint density at radius 3 is 2.58 bits per heavy atom. The third kappa shape index (κ3) is 4.02. The SMILES string of the molecule is Clc1ccc(Cn2nc(OCCCN3CCCC3)c3ccccc32)cc1. The normalized spacial score (nSPS) is 15.0. The summed E-state index contributed by atoms with van der Waals surface area (Å²) in [4.78, 5) is 2.51. The van der Waals surface area contributed by atoms with Crippen molar-refractivity contribution in [1.29, 1.82) is 0 Å². The number of halogens is 1. The second-order valence-corrected chi connectivity index (χ2v) is 7.29. The van der Waals surface area contributed by atoms with E-state index in [1.54, 1.807) is 0 Å². The molecule has 1 fully saturated rings. The Hall–Kier alpha value is -2.04. The summed E-state index contributed by atoms with van der Waals surface area (Å²) in [6, 6.07) is 16.2. The first kappa shape index (κ1) is 17.4. The Morgan fingerprint density at radius 1 is 1.00 bits per heavy atom. The van der Waals surface area contributed by atoms with Crippen LogP contribution in [0.15, 0.2) is 48.5 Å². The predicted octanol–water partition coefficient (Wildman–Crippen LogP) is 4.60. The first-order chi connectivity index (χ1) is 12.8. The molecule has 3 aromatic rings. The van der Waals surface area contributed by atoms with Gasteiger partial charge in [0.05, 0.1) is 24.1 Å². The van der Waals surface area contributed by atoms with Crippen LogP contribution in [0, 0.1) is 0 Å². The Morgan fingerprint density at radius 2 is 1.77 bits per heavy atom. The summed E-state index contributed by atoms with van der Waals surface area (Å²) in [6.07, 6.45) is 3.71. The van der Waals surface area contributed by atoms with Crippen molar-refractivity contribution in [1.82, 2.24) is 14.7 Å². The largest absolute Gasteiger partial charge is 0.476 e. The lowest BCUT2D eigenvalue weighted by Crippen LogP contribution is -2.22. The van der Waals surface area contributed by atoms with E-state index in [2.05, 4.69) is 17.0 Å². The smallest absolute Gasteiger partial charge is 0.240 e. The van der Waals surface area contributed by atoms with Crippen molar-refractivity contribution >= 4 is 22.5 Å². The van der Waals surface area contributed by atoms with Gasteiger partial charge >= 0.3 is 0 Å². The van der Waals surface area contributed by atoms with E-state index >= 15 is 0 Å². The molecule has 0 bridgehead atoms. The van der Waals surface area contributed by atoms with E-state index in [1.165, 1.54) is 31.5 Å². The van der Waals surface area contributed by atoms with Crippen LogP contribution in [0.25, 0.3) is 10.9 Å². The van der Waals surface area contributed by atoms with Gasteiger partial charge in [-0.15, -0.1) is 5.10 Å². The van der Waals surface area contributed by atoms with Gasteiger partial charge in [-0.3, -0.25) is 4.68 Å². The molecule has 1 saturated heterocycles. The third-order valence-corrected chi connectivity index (χ3v) is 5.18. The van der Waals surface area contributed by atoms with Gasteiger partial charge < -0.3 is 9.64 Å². The van der Waals surface area contributed by atoms with Crippen molar-refractivity contribution in [3.8, 4) is 5.88 Å². The number of likely N-dealkylation sites (tertiary alicyclic amines) is 1. The summed E-state index contributed by atoms with van der Waals surface area (Å²) in [5, 5.41) is 6.55. The maximum atomic E-state index is 6.04. The minimum absolute atomic E-state index is 0.703. The molecular weight excluding hydrogens is 346 g/mol. The molecule has 0 atom stereocenters. The number of aromatic nitrogens is 2. The molecule has 0 saturated carbocycles. The average molecular weight is 370 g/mol. The van der Waals surface area contributed by atoms with Gasteiger partial charge in [0, 0.05) is 11.6 Å². The lowest BCUT2D eigenvalue weighted by molar-refractivity contribution is 0.257. The predicted molar refractivity (Wildman–Crippen MR) is 106 cm³/mol. The van der Waals surface area contributed by atoms with Crippen LogP contribution >= 0.6 is 11.6 Å². The van der Waals surface area contributed by atoms with Gasteiger partial charge in [0.1, 0.15) is 0 Å². The number of nitrogens with zero attached hydrogens (tertiary/aromatic N) is 3. The number of benzene rings is 2. The van der Waals surface area contributed by atoms with Crippen molar-refractivity contribution in [3.05, 3.63) is 59.1 Å². The molecule has 4 nitrogen and oxygen atoms in total. The van der Waals surface area contributed by atoms with Gasteiger partial charge in [0.2, 0.25) is 5.88 Å². The van der Waals surface area contributed by atoms with Crippen LogP contribution in [0.3, 0.4) is 0 Å². The first-order valence-corrected chi connectivity index (χ1v) is 9.72. The summed E-state index contributed by atoms with van der Waals surface area (Å²) in [5.41, 5.74) is 2.26. The topological polar surface area (TPSA) is 30.3 Å². The van der Waals surface area contributed by atoms with Crippen LogP contribution in [0.5, 0.6) is 5.88 Å². The van der Waals surface area contributed by atoms with Crippen LogP contribution in [-0.4, -0.2) is 40.9 Å². The summed E-state index contributed by atoms with van der Waals surface area (Å²) in [6.45, 7) is 4.99. The number of ether oxygens (including phenoxy) is 1. The molecule has 26 heavy (non-hydrogen) atoms. The van der Waals surface area contributed by atoms with E-state index in [1.807, 2.05) is 41.1 Å². The lowest BCUT2D eigenvalue weighted by atomic mass is 10.2. The second kappa shape index (κ2) is 8.11. The zero-order chi connectivity index (χ0) is 17.8.